The quantitative estimate of drug-likeness (QED) is 0.746. The van der Waals surface area contributed by atoms with E-state index in [1.807, 2.05) is 0 Å². The lowest BCUT2D eigenvalue weighted by Gasteiger charge is -2.07. The first-order chi connectivity index (χ1) is 7.65. The van der Waals surface area contributed by atoms with Crippen LogP contribution in [0, 0.1) is 6.92 Å². The van der Waals surface area contributed by atoms with E-state index >= 15 is 0 Å². The molecule has 0 aliphatic rings. The molecule has 88 valence electrons. The summed E-state index contributed by atoms with van der Waals surface area (Å²) in [5, 5.41) is 2.84. The molecule has 0 atom stereocenters. The molecule has 1 heterocycles. The summed E-state index contributed by atoms with van der Waals surface area (Å²) in [7, 11) is 1.52. The molecule has 0 unspecified atom stereocenters. The maximum Gasteiger partial charge on any atom is 0.325 e. The van der Waals surface area contributed by atoms with Gasteiger partial charge in [-0.3, -0.25) is 4.79 Å². The maximum atomic E-state index is 11.1. The summed E-state index contributed by atoms with van der Waals surface area (Å²) in [6.45, 7) is 3.95. The molecule has 1 rings (SSSR count). The summed E-state index contributed by atoms with van der Waals surface area (Å²) in [4.78, 5) is 19.2. The lowest BCUT2D eigenvalue weighted by atomic mass is 10.5. The van der Waals surface area contributed by atoms with Gasteiger partial charge in [0.2, 0.25) is 5.88 Å². The van der Waals surface area contributed by atoms with Crippen LogP contribution in [0.4, 0.5) is 5.82 Å². The van der Waals surface area contributed by atoms with E-state index in [0.717, 1.165) is 0 Å². The summed E-state index contributed by atoms with van der Waals surface area (Å²) in [5.41, 5.74) is 0. The van der Waals surface area contributed by atoms with Crippen LogP contribution < -0.4 is 10.1 Å². The highest BCUT2D eigenvalue weighted by Crippen LogP contribution is 2.12. The van der Waals surface area contributed by atoms with E-state index in [9.17, 15) is 4.79 Å². The Hall–Kier alpha value is -1.85. The number of nitrogens with one attached hydrogen (secondary N) is 1. The lowest BCUT2D eigenvalue weighted by Crippen LogP contribution is -2.17. The summed E-state index contributed by atoms with van der Waals surface area (Å²) in [6.07, 6.45) is 0. The van der Waals surface area contributed by atoms with Crippen LogP contribution in [0.3, 0.4) is 0 Å². The van der Waals surface area contributed by atoms with Gasteiger partial charge in [-0.15, -0.1) is 0 Å². The van der Waals surface area contributed by atoms with Crippen molar-refractivity contribution in [2.45, 2.75) is 13.8 Å². The molecule has 1 N–H and O–H groups in total. The first kappa shape index (κ1) is 12.2. The van der Waals surface area contributed by atoms with Crippen molar-refractivity contribution in [3.05, 3.63) is 11.9 Å². The zero-order chi connectivity index (χ0) is 12.0. The van der Waals surface area contributed by atoms with Crippen LogP contribution in [-0.4, -0.2) is 36.2 Å². The molecule has 0 amide bonds. The molecule has 0 bridgehead atoms. The van der Waals surface area contributed by atoms with E-state index < -0.39 is 0 Å². The number of hydrogen-bond acceptors (Lipinski definition) is 6. The number of aromatic nitrogens is 2. The fourth-order valence-electron chi connectivity index (χ4n) is 1.11. The normalized spacial score (nSPS) is 9.69. The van der Waals surface area contributed by atoms with Gasteiger partial charge in [0.1, 0.15) is 18.2 Å². The van der Waals surface area contributed by atoms with Crippen LogP contribution in [0.5, 0.6) is 5.88 Å². The van der Waals surface area contributed by atoms with Gasteiger partial charge in [0.05, 0.1) is 13.7 Å². The average Bonchev–Trinajstić information content (AvgIpc) is 2.26. The SMILES string of the molecule is CCOC(=O)CNc1cc(OC)nc(C)n1. The third-order valence-corrected chi connectivity index (χ3v) is 1.74. The van der Waals surface area contributed by atoms with Crippen molar-refractivity contribution >= 4 is 11.8 Å². The molecule has 0 aliphatic carbocycles. The number of carbonyl (C=O) groups is 1. The molecule has 0 aromatic carbocycles. The Morgan fingerprint density at radius 2 is 2.25 bits per heavy atom. The second kappa shape index (κ2) is 5.89. The number of nitrogens with zero attached hydrogens (tertiary/aromatic N) is 2. The zero-order valence-electron chi connectivity index (χ0n) is 9.61. The minimum Gasteiger partial charge on any atom is -0.481 e. The van der Waals surface area contributed by atoms with Crippen LogP contribution in [0.15, 0.2) is 6.07 Å². The van der Waals surface area contributed by atoms with E-state index in [1.165, 1.54) is 7.11 Å². The predicted molar refractivity (Wildman–Crippen MR) is 58.4 cm³/mol. The largest absolute Gasteiger partial charge is 0.481 e. The van der Waals surface area contributed by atoms with E-state index in [0.29, 0.717) is 24.1 Å². The van der Waals surface area contributed by atoms with Crippen LogP contribution in [-0.2, 0) is 9.53 Å². The Kier molecular flexibility index (Phi) is 4.50. The predicted octanol–water partition coefficient (Wildman–Crippen LogP) is 0.769. The van der Waals surface area contributed by atoms with Gasteiger partial charge < -0.3 is 14.8 Å². The van der Waals surface area contributed by atoms with Gasteiger partial charge in [-0.05, 0) is 13.8 Å². The number of esters is 1. The third-order valence-electron chi connectivity index (χ3n) is 1.74. The average molecular weight is 225 g/mol. The van der Waals surface area contributed by atoms with Crippen molar-refractivity contribution in [1.82, 2.24) is 9.97 Å². The first-order valence-electron chi connectivity index (χ1n) is 4.95. The van der Waals surface area contributed by atoms with Crippen LogP contribution in [0.25, 0.3) is 0 Å². The molecule has 1 aromatic rings. The highest BCUT2D eigenvalue weighted by atomic mass is 16.5. The summed E-state index contributed by atoms with van der Waals surface area (Å²) in [6, 6.07) is 1.62. The van der Waals surface area contributed by atoms with Crippen LogP contribution >= 0.6 is 0 Å². The van der Waals surface area contributed by atoms with Gasteiger partial charge in [-0.2, -0.15) is 4.98 Å². The van der Waals surface area contributed by atoms with Crippen molar-refractivity contribution in [2.24, 2.45) is 0 Å². The molecule has 0 saturated carbocycles. The monoisotopic (exact) mass is 225 g/mol. The molecule has 0 fully saturated rings. The smallest absolute Gasteiger partial charge is 0.325 e. The van der Waals surface area contributed by atoms with Crippen molar-refractivity contribution < 1.29 is 14.3 Å². The Morgan fingerprint density at radius 1 is 1.50 bits per heavy atom. The number of ether oxygens (including phenoxy) is 2. The number of hydrogen-bond donors (Lipinski definition) is 1. The molecular weight excluding hydrogens is 210 g/mol. The fourth-order valence-corrected chi connectivity index (χ4v) is 1.11. The van der Waals surface area contributed by atoms with Gasteiger partial charge in [-0.1, -0.05) is 0 Å². The highest BCUT2D eigenvalue weighted by Gasteiger charge is 2.04. The molecule has 6 nitrogen and oxygen atoms in total. The van der Waals surface area contributed by atoms with Gasteiger partial charge >= 0.3 is 5.97 Å². The highest BCUT2D eigenvalue weighted by molar-refractivity contribution is 5.74. The number of rotatable bonds is 5. The molecule has 1 aromatic heterocycles. The van der Waals surface area contributed by atoms with E-state index in [4.69, 9.17) is 9.47 Å². The van der Waals surface area contributed by atoms with E-state index in [2.05, 4.69) is 15.3 Å². The molecule has 16 heavy (non-hydrogen) atoms. The van der Waals surface area contributed by atoms with E-state index in [-0.39, 0.29) is 12.5 Å². The topological polar surface area (TPSA) is 73.3 Å². The fraction of sp³-hybridized carbons (Fsp3) is 0.500. The van der Waals surface area contributed by atoms with Crippen molar-refractivity contribution in [2.75, 3.05) is 25.6 Å². The first-order valence-corrected chi connectivity index (χ1v) is 4.95. The molecule has 0 spiro atoms. The standard InChI is InChI=1S/C10H15N3O3/c1-4-16-10(14)6-11-8-5-9(15-3)13-7(2)12-8/h5H,4,6H2,1-3H3,(H,11,12,13). The number of methoxy groups -OCH3 is 1. The Labute approximate surface area is 94.0 Å². The van der Waals surface area contributed by atoms with Gasteiger partial charge in [0.25, 0.3) is 0 Å². The zero-order valence-corrected chi connectivity index (χ0v) is 9.61. The van der Waals surface area contributed by atoms with E-state index in [1.54, 1.807) is 19.9 Å². The van der Waals surface area contributed by atoms with Gasteiger partial charge in [0, 0.05) is 6.07 Å². The number of carbonyl (C=O) groups excluding carboxylic acids is 1. The Morgan fingerprint density at radius 3 is 2.88 bits per heavy atom. The summed E-state index contributed by atoms with van der Waals surface area (Å²) in [5.74, 6) is 1.25. The van der Waals surface area contributed by atoms with Crippen molar-refractivity contribution in [3.8, 4) is 5.88 Å². The van der Waals surface area contributed by atoms with Gasteiger partial charge in [-0.25, -0.2) is 4.98 Å². The maximum absolute atomic E-state index is 11.1. The molecule has 0 saturated heterocycles. The molecular formula is C10H15N3O3. The second-order valence-electron chi connectivity index (χ2n) is 3.00. The lowest BCUT2D eigenvalue weighted by molar-refractivity contribution is -0.140. The summed E-state index contributed by atoms with van der Waals surface area (Å²) >= 11 is 0. The second-order valence-corrected chi connectivity index (χ2v) is 3.00. The molecule has 0 aliphatic heterocycles. The van der Waals surface area contributed by atoms with Crippen molar-refractivity contribution in [1.29, 1.82) is 0 Å². The van der Waals surface area contributed by atoms with Crippen LogP contribution in [0.2, 0.25) is 0 Å². The Bertz CT molecular complexity index is 368. The number of anilines is 1. The third kappa shape index (κ3) is 3.72. The molecule has 0 radical (unpaired) electrons. The number of aryl methyl sites for hydroxylation is 1. The minimum atomic E-state index is -0.322. The minimum absolute atomic E-state index is 0.0768. The van der Waals surface area contributed by atoms with Crippen molar-refractivity contribution in [3.63, 3.8) is 0 Å². The van der Waals surface area contributed by atoms with Crippen LogP contribution in [0.1, 0.15) is 12.7 Å². The Balaban J connectivity index is 2.59. The van der Waals surface area contributed by atoms with Gasteiger partial charge in [0.15, 0.2) is 0 Å². The summed E-state index contributed by atoms with van der Waals surface area (Å²) < 4.78 is 9.76. The molecule has 6 heteroatoms.